The Bertz CT molecular complexity index is 1340. The first kappa shape index (κ1) is 21.8. The van der Waals surface area contributed by atoms with Crippen molar-refractivity contribution in [2.24, 2.45) is 0 Å². The number of aromatic nitrogens is 1. The molecule has 2 bridgehead atoms. The molecule has 176 valence electrons. The van der Waals surface area contributed by atoms with E-state index >= 15 is 0 Å². The quantitative estimate of drug-likeness (QED) is 0.417. The molecule has 1 aromatic heterocycles. The molecule has 2 aliphatic heterocycles. The highest BCUT2D eigenvalue weighted by atomic mass is 32.1. The normalized spacial score (nSPS) is 19.3. The van der Waals surface area contributed by atoms with Gasteiger partial charge < -0.3 is 10.2 Å². The predicted octanol–water partition coefficient (Wildman–Crippen LogP) is 5.04. The smallest absolute Gasteiger partial charge is 0.319 e. The molecule has 2 aliphatic rings. The maximum absolute atomic E-state index is 12.7. The third-order valence-electron chi connectivity index (χ3n) is 6.76. The number of likely N-dealkylation sites (tertiary alicyclic amines) is 2. The van der Waals surface area contributed by atoms with Crippen molar-refractivity contribution in [2.75, 3.05) is 23.7 Å². The Morgan fingerprint density at radius 2 is 1.66 bits per heavy atom. The van der Waals surface area contributed by atoms with Crippen LogP contribution in [0, 0.1) is 0 Å². The SMILES string of the molecule is O=C(Nc1nc2ccccc2s1)c1ccc(CN2C[C@@H]3C[C@H]2CN3C(=O)Nc2ccccc2)cc1. The summed E-state index contributed by atoms with van der Waals surface area (Å²) in [6.07, 6.45) is 1.00. The molecule has 3 heterocycles. The number of carbonyl (C=O) groups is 2. The predicted molar refractivity (Wildman–Crippen MR) is 139 cm³/mol. The second-order valence-corrected chi connectivity index (χ2v) is 10.1. The number of carbonyl (C=O) groups excluding carboxylic acids is 2. The van der Waals surface area contributed by atoms with Crippen molar-refractivity contribution in [3.8, 4) is 0 Å². The Balaban J connectivity index is 1.04. The van der Waals surface area contributed by atoms with E-state index in [4.69, 9.17) is 0 Å². The third kappa shape index (κ3) is 4.50. The second kappa shape index (κ2) is 9.13. The maximum atomic E-state index is 12.7. The van der Waals surface area contributed by atoms with Gasteiger partial charge in [-0.3, -0.25) is 15.0 Å². The fourth-order valence-electron chi connectivity index (χ4n) is 5.00. The first-order chi connectivity index (χ1) is 17.1. The summed E-state index contributed by atoms with van der Waals surface area (Å²) in [5, 5.41) is 6.52. The van der Waals surface area contributed by atoms with E-state index in [0.717, 1.165) is 47.5 Å². The van der Waals surface area contributed by atoms with Crippen LogP contribution in [0.15, 0.2) is 78.9 Å². The molecule has 0 aliphatic carbocycles. The summed E-state index contributed by atoms with van der Waals surface area (Å²) in [6.45, 7) is 2.42. The largest absolute Gasteiger partial charge is 0.322 e. The van der Waals surface area contributed by atoms with E-state index in [2.05, 4.69) is 20.5 Å². The number of rotatable bonds is 5. The highest BCUT2D eigenvalue weighted by molar-refractivity contribution is 7.22. The molecule has 3 amide bonds. The molecule has 35 heavy (non-hydrogen) atoms. The number of para-hydroxylation sites is 2. The van der Waals surface area contributed by atoms with E-state index in [9.17, 15) is 9.59 Å². The molecule has 3 aromatic carbocycles. The summed E-state index contributed by atoms with van der Waals surface area (Å²) < 4.78 is 1.05. The van der Waals surface area contributed by atoms with Crippen molar-refractivity contribution in [1.82, 2.24) is 14.8 Å². The summed E-state index contributed by atoms with van der Waals surface area (Å²) in [6, 6.07) is 25.8. The van der Waals surface area contributed by atoms with E-state index < -0.39 is 0 Å². The van der Waals surface area contributed by atoms with Crippen molar-refractivity contribution in [3.63, 3.8) is 0 Å². The van der Waals surface area contributed by atoms with Gasteiger partial charge in [-0.15, -0.1) is 0 Å². The van der Waals surface area contributed by atoms with Crippen LogP contribution in [0.2, 0.25) is 0 Å². The number of benzene rings is 3. The number of anilines is 2. The average molecular weight is 484 g/mol. The van der Waals surface area contributed by atoms with Gasteiger partial charge in [0, 0.05) is 43.0 Å². The number of amides is 3. The molecular formula is C27H25N5O2S. The lowest BCUT2D eigenvalue weighted by Crippen LogP contribution is -2.49. The zero-order valence-electron chi connectivity index (χ0n) is 19.1. The number of hydrogen-bond acceptors (Lipinski definition) is 5. The van der Waals surface area contributed by atoms with E-state index in [-0.39, 0.29) is 18.0 Å². The Labute approximate surface area is 207 Å². The highest BCUT2D eigenvalue weighted by Gasteiger charge is 2.45. The second-order valence-electron chi connectivity index (χ2n) is 9.06. The number of fused-ring (bicyclic) bond motifs is 3. The van der Waals surface area contributed by atoms with Crippen LogP contribution >= 0.6 is 11.3 Å². The third-order valence-corrected chi connectivity index (χ3v) is 7.71. The Morgan fingerprint density at radius 1 is 0.886 bits per heavy atom. The van der Waals surface area contributed by atoms with Gasteiger partial charge in [0.1, 0.15) is 0 Å². The van der Waals surface area contributed by atoms with Crippen molar-refractivity contribution >= 4 is 44.3 Å². The minimum absolute atomic E-state index is 0.0214. The Kier molecular flexibility index (Phi) is 5.67. The van der Waals surface area contributed by atoms with Crippen LogP contribution < -0.4 is 10.6 Å². The molecule has 2 N–H and O–H groups in total. The lowest BCUT2D eigenvalue weighted by molar-refractivity contribution is 0.102. The van der Waals surface area contributed by atoms with Crippen molar-refractivity contribution in [1.29, 1.82) is 0 Å². The van der Waals surface area contributed by atoms with Gasteiger partial charge in [-0.25, -0.2) is 9.78 Å². The molecule has 0 unspecified atom stereocenters. The van der Waals surface area contributed by atoms with Crippen LogP contribution in [-0.4, -0.2) is 51.9 Å². The topological polar surface area (TPSA) is 77.6 Å². The molecule has 2 atom stereocenters. The number of hydrogen-bond donors (Lipinski definition) is 2. The fourth-order valence-corrected chi connectivity index (χ4v) is 5.86. The number of thiazole rings is 1. The van der Waals surface area contributed by atoms with Crippen LogP contribution in [0.3, 0.4) is 0 Å². The van der Waals surface area contributed by atoms with Crippen molar-refractivity contribution in [2.45, 2.75) is 25.0 Å². The fraction of sp³-hybridized carbons (Fsp3) is 0.222. The summed E-state index contributed by atoms with van der Waals surface area (Å²) >= 11 is 1.47. The first-order valence-corrected chi connectivity index (χ1v) is 12.6. The van der Waals surface area contributed by atoms with E-state index in [1.54, 1.807) is 0 Å². The van der Waals surface area contributed by atoms with Gasteiger partial charge in [0.2, 0.25) is 0 Å². The van der Waals surface area contributed by atoms with Gasteiger partial charge in [-0.1, -0.05) is 53.8 Å². The molecule has 2 fully saturated rings. The Hall–Kier alpha value is -3.75. The lowest BCUT2D eigenvalue weighted by Gasteiger charge is -2.34. The van der Waals surface area contributed by atoms with Crippen LogP contribution in [0.4, 0.5) is 15.6 Å². The summed E-state index contributed by atoms with van der Waals surface area (Å²) in [4.78, 5) is 34.3. The molecule has 0 saturated carbocycles. The van der Waals surface area contributed by atoms with Crippen LogP contribution in [0.5, 0.6) is 0 Å². The van der Waals surface area contributed by atoms with Crippen LogP contribution in [0.25, 0.3) is 10.2 Å². The van der Waals surface area contributed by atoms with Gasteiger partial charge in [-0.05, 0) is 48.4 Å². The molecule has 6 rings (SSSR count). The van der Waals surface area contributed by atoms with Crippen molar-refractivity contribution < 1.29 is 9.59 Å². The van der Waals surface area contributed by atoms with Gasteiger partial charge >= 0.3 is 6.03 Å². The monoisotopic (exact) mass is 483 g/mol. The van der Waals surface area contributed by atoms with Gasteiger partial charge in [0.05, 0.1) is 10.2 Å². The van der Waals surface area contributed by atoms with Crippen LogP contribution in [-0.2, 0) is 6.54 Å². The van der Waals surface area contributed by atoms with E-state index in [0.29, 0.717) is 16.7 Å². The zero-order chi connectivity index (χ0) is 23.8. The number of piperazine rings is 1. The summed E-state index contributed by atoms with van der Waals surface area (Å²) in [7, 11) is 0. The number of nitrogens with one attached hydrogen (secondary N) is 2. The lowest BCUT2D eigenvalue weighted by atomic mass is 10.1. The summed E-state index contributed by atoms with van der Waals surface area (Å²) in [5.41, 5.74) is 3.48. The molecule has 0 spiro atoms. The molecule has 2 saturated heterocycles. The minimum atomic E-state index is -0.157. The van der Waals surface area contributed by atoms with E-state index in [1.165, 1.54) is 11.3 Å². The zero-order valence-corrected chi connectivity index (χ0v) is 19.9. The average Bonchev–Trinajstić information content (AvgIpc) is 3.59. The van der Waals surface area contributed by atoms with Gasteiger partial charge in [0.15, 0.2) is 5.13 Å². The molecule has 0 radical (unpaired) electrons. The first-order valence-electron chi connectivity index (χ1n) is 11.7. The molecular weight excluding hydrogens is 458 g/mol. The number of nitrogens with zero attached hydrogens (tertiary/aromatic N) is 3. The highest BCUT2D eigenvalue weighted by Crippen LogP contribution is 2.32. The molecule has 8 heteroatoms. The maximum Gasteiger partial charge on any atom is 0.322 e. The summed E-state index contributed by atoms with van der Waals surface area (Å²) in [5.74, 6) is -0.157. The standard InChI is InChI=1S/C27H25N5O2S/c33-25(30-26-29-23-8-4-5-9-24(23)35-26)19-12-10-18(11-13-19)15-31-16-22-14-21(31)17-32(22)27(34)28-20-6-2-1-3-7-20/h1-13,21-22H,14-17H2,(H,28,34)(H,29,30,33)/t21-,22-/m0/s1. The molecule has 7 nitrogen and oxygen atoms in total. The van der Waals surface area contributed by atoms with Crippen LogP contribution in [0.1, 0.15) is 22.3 Å². The van der Waals surface area contributed by atoms with Crippen molar-refractivity contribution in [3.05, 3.63) is 90.0 Å². The molecule has 4 aromatic rings. The van der Waals surface area contributed by atoms with E-state index in [1.807, 2.05) is 83.8 Å². The van der Waals surface area contributed by atoms with Gasteiger partial charge in [-0.2, -0.15) is 0 Å². The number of urea groups is 1. The Morgan fingerprint density at radius 3 is 2.40 bits per heavy atom. The van der Waals surface area contributed by atoms with Gasteiger partial charge in [0.25, 0.3) is 5.91 Å². The minimum Gasteiger partial charge on any atom is -0.319 e.